The van der Waals surface area contributed by atoms with E-state index in [9.17, 15) is 13.2 Å². The van der Waals surface area contributed by atoms with Gasteiger partial charge in [-0.1, -0.05) is 0 Å². The van der Waals surface area contributed by atoms with Crippen molar-refractivity contribution in [3.8, 4) is 0 Å². The molecular weight excluding hydrogens is 257 g/mol. The van der Waals surface area contributed by atoms with Gasteiger partial charge in [0.1, 0.15) is 0 Å². The van der Waals surface area contributed by atoms with Crippen molar-refractivity contribution in [2.45, 2.75) is 25.6 Å². The zero-order chi connectivity index (χ0) is 13.9. The Bertz CT molecular complexity index is 404. The Morgan fingerprint density at radius 3 is 2.63 bits per heavy atom. The molecule has 19 heavy (non-hydrogen) atoms. The molecule has 0 spiro atoms. The van der Waals surface area contributed by atoms with Gasteiger partial charge in [0.15, 0.2) is 0 Å². The van der Waals surface area contributed by atoms with Crippen molar-refractivity contribution in [2.75, 3.05) is 25.0 Å². The lowest BCUT2D eigenvalue weighted by Gasteiger charge is -2.33. The van der Waals surface area contributed by atoms with Gasteiger partial charge in [-0.25, -0.2) is 9.97 Å². The molecule has 0 aromatic carbocycles. The molecule has 0 aliphatic carbocycles. The Balaban J connectivity index is 2.04. The number of anilines is 1. The van der Waals surface area contributed by atoms with Crippen LogP contribution in [-0.4, -0.2) is 36.3 Å². The minimum Gasteiger partial charge on any atom is -0.340 e. The summed E-state index contributed by atoms with van der Waals surface area (Å²) in [4.78, 5) is 9.91. The van der Waals surface area contributed by atoms with Crippen LogP contribution in [0.1, 0.15) is 18.4 Å². The van der Waals surface area contributed by atoms with Gasteiger partial charge in [-0.15, -0.1) is 0 Å². The number of aromatic nitrogens is 2. The maximum Gasteiger partial charge on any atom is 0.393 e. The topological polar surface area (TPSA) is 41.1 Å². The molecule has 2 rings (SSSR count). The summed E-state index contributed by atoms with van der Waals surface area (Å²) in [5, 5.41) is 2.97. The highest BCUT2D eigenvalue weighted by Crippen LogP contribution is 2.33. The minimum absolute atomic E-state index is 0.0468. The summed E-state index contributed by atoms with van der Waals surface area (Å²) in [6.07, 6.45) is -0.125. The van der Waals surface area contributed by atoms with E-state index in [1.54, 1.807) is 17.3 Å². The Morgan fingerprint density at radius 1 is 1.37 bits per heavy atom. The summed E-state index contributed by atoms with van der Waals surface area (Å²) in [6, 6.07) is 0. The van der Waals surface area contributed by atoms with E-state index in [4.69, 9.17) is 0 Å². The lowest BCUT2D eigenvalue weighted by atomic mass is 9.98. The number of nitrogens with zero attached hydrogens (tertiary/aromatic N) is 3. The fraction of sp³-hybridized carbons (Fsp3) is 0.667. The molecule has 1 aromatic rings. The molecule has 0 amide bonds. The Morgan fingerprint density at radius 2 is 2.05 bits per heavy atom. The van der Waals surface area contributed by atoms with Crippen LogP contribution in [0.5, 0.6) is 0 Å². The van der Waals surface area contributed by atoms with Crippen molar-refractivity contribution >= 4 is 5.95 Å². The van der Waals surface area contributed by atoms with E-state index >= 15 is 0 Å². The summed E-state index contributed by atoms with van der Waals surface area (Å²) < 4.78 is 38.2. The molecule has 2 heterocycles. The second-order valence-electron chi connectivity index (χ2n) is 4.75. The van der Waals surface area contributed by atoms with E-state index in [1.807, 2.05) is 7.05 Å². The van der Waals surface area contributed by atoms with Gasteiger partial charge in [-0.3, -0.25) is 0 Å². The second-order valence-corrected chi connectivity index (χ2v) is 4.75. The second kappa shape index (κ2) is 5.73. The standard InChI is InChI=1S/C12H17F3N4/c1-16-5-9-6-17-11(18-7-9)19-4-2-3-10(8-19)12(13,14)15/h6-7,10,16H,2-5,8H2,1H3. The van der Waals surface area contributed by atoms with E-state index in [-0.39, 0.29) is 13.0 Å². The summed E-state index contributed by atoms with van der Waals surface area (Å²) >= 11 is 0. The molecule has 106 valence electrons. The molecule has 7 heteroatoms. The quantitative estimate of drug-likeness (QED) is 0.915. The third kappa shape index (κ3) is 3.56. The number of hydrogen-bond acceptors (Lipinski definition) is 4. The van der Waals surface area contributed by atoms with Gasteiger partial charge < -0.3 is 10.2 Å². The highest BCUT2D eigenvalue weighted by atomic mass is 19.4. The maximum atomic E-state index is 12.7. The number of rotatable bonds is 3. The summed E-state index contributed by atoms with van der Waals surface area (Å²) in [6.45, 7) is 1.18. The molecule has 0 saturated carbocycles. The molecule has 1 saturated heterocycles. The van der Waals surface area contributed by atoms with Gasteiger partial charge in [0, 0.05) is 37.6 Å². The first-order chi connectivity index (χ1) is 9.00. The SMILES string of the molecule is CNCc1cnc(N2CCCC(C(F)(F)F)C2)nc1. The van der Waals surface area contributed by atoms with E-state index in [0.717, 1.165) is 5.56 Å². The maximum absolute atomic E-state index is 12.7. The van der Waals surface area contributed by atoms with Crippen LogP contribution in [0.15, 0.2) is 12.4 Å². The van der Waals surface area contributed by atoms with E-state index in [0.29, 0.717) is 25.5 Å². The minimum atomic E-state index is -4.13. The first-order valence-electron chi connectivity index (χ1n) is 6.28. The van der Waals surface area contributed by atoms with Crippen LogP contribution in [0.25, 0.3) is 0 Å². The summed E-state index contributed by atoms with van der Waals surface area (Å²) in [5.74, 6) is -0.893. The number of alkyl halides is 3. The third-order valence-corrected chi connectivity index (χ3v) is 3.24. The van der Waals surface area contributed by atoms with Crippen LogP contribution in [-0.2, 0) is 6.54 Å². The largest absolute Gasteiger partial charge is 0.393 e. The first-order valence-corrected chi connectivity index (χ1v) is 6.28. The van der Waals surface area contributed by atoms with Gasteiger partial charge in [0.05, 0.1) is 5.92 Å². The van der Waals surface area contributed by atoms with Crippen molar-refractivity contribution < 1.29 is 13.2 Å². The van der Waals surface area contributed by atoms with Crippen LogP contribution in [0.2, 0.25) is 0 Å². The predicted octanol–water partition coefficient (Wildman–Crippen LogP) is 1.97. The van der Waals surface area contributed by atoms with Crippen molar-refractivity contribution in [1.29, 1.82) is 0 Å². The van der Waals surface area contributed by atoms with Crippen molar-refractivity contribution in [3.05, 3.63) is 18.0 Å². The van der Waals surface area contributed by atoms with Gasteiger partial charge >= 0.3 is 6.18 Å². The fourth-order valence-electron chi connectivity index (χ4n) is 2.23. The van der Waals surface area contributed by atoms with Crippen LogP contribution < -0.4 is 10.2 Å². The summed E-state index contributed by atoms with van der Waals surface area (Å²) in [5.41, 5.74) is 0.913. The summed E-state index contributed by atoms with van der Waals surface area (Å²) in [7, 11) is 1.81. The molecule has 0 bridgehead atoms. The lowest BCUT2D eigenvalue weighted by Crippen LogP contribution is -2.42. The van der Waals surface area contributed by atoms with Crippen LogP contribution in [0, 0.1) is 5.92 Å². The first kappa shape index (κ1) is 14.0. The van der Waals surface area contributed by atoms with Crippen molar-refractivity contribution in [1.82, 2.24) is 15.3 Å². The number of hydrogen-bond donors (Lipinski definition) is 1. The molecule has 4 nitrogen and oxygen atoms in total. The molecule has 1 aromatic heterocycles. The van der Waals surface area contributed by atoms with Gasteiger partial charge in [0.25, 0.3) is 0 Å². The average Bonchev–Trinajstić information content (AvgIpc) is 2.39. The van der Waals surface area contributed by atoms with Crippen LogP contribution >= 0.6 is 0 Å². The van der Waals surface area contributed by atoms with Crippen LogP contribution in [0.3, 0.4) is 0 Å². The number of piperidine rings is 1. The monoisotopic (exact) mass is 274 g/mol. The fourth-order valence-corrected chi connectivity index (χ4v) is 2.23. The van der Waals surface area contributed by atoms with Gasteiger partial charge in [-0.05, 0) is 19.9 Å². The predicted molar refractivity (Wildman–Crippen MR) is 65.8 cm³/mol. The van der Waals surface area contributed by atoms with Crippen LogP contribution in [0.4, 0.5) is 19.1 Å². The molecule has 1 fully saturated rings. The van der Waals surface area contributed by atoms with Gasteiger partial charge in [0.2, 0.25) is 5.95 Å². The number of nitrogens with one attached hydrogen (secondary N) is 1. The molecular formula is C12H17F3N4. The molecule has 1 atom stereocenters. The average molecular weight is 274 g/mol. The molecule has 1 aliphatic rings. The molecule has 1 N–H and O–H groups in total. The molecule has 1 aliphatic heterocycles. The van der Waals surface area contributed by atoms with Crippen molar-refractivity contribution in [3.63, 3.8) is 0 Å². The Kier molecular flexibility index (Phi) is 4.24. The zero-order valence-corrected chi connectivity index (χ0v) is 10.7. The van der Waals surface area contributed by atoms with Crippen molar-refractivity contribution in [2.24, 2.45) is 5.92 Å². The molecule has 1 unspecified atom stereocenters. The van der Waals surface area contributed by atoms with E-state index < -0.39 is 12.1 Å². The Hall–Kier alpha value is -1.37. The highest BCUT2D eigenvalue weighted by molar-refractivity contribution is 5.30. The normalized spacial score (nSPS) is 20.6. The lowest BCUT2D eigenvalue weighted by molar-refractivity contribution is -0.176. The van der Waals surface area contributed by atoms with Gasteiger partial charge in [-0.2, -0.15) is 13.2 Å². The third-order valence-electron chi connectivity index (χ3n) is 3.24. The smallest absolute Gasteiger partial charge is 0.340 e. The molecule has 0 radical (unpaired) electrons. The zero-order valence-electron chi connectivity index (χ0n) is 10.7. The number of halogens is 3. The highest BCUT2D eigenvalue weighted by Gasteiger charge is 2.42. The Labute approximate surface area is 110 Å². The van der Waals surface area contributed by atoms with E-state index in [2.05, 4.69) is 15.3 Å². The van der Waals surface area contributed by atoms with E-state index in [1.165, 1.54) is 0 Å².